The van der Waals surface area contributed by atoms with E-state index in [9.17, 15) is 9.59 Å². The third kappa shape index (κ3) is 4.46. The second kappa shape index (κ2) is 9.65. The first-order chi connectivity index (χ1) is 17.6. The molecule has 196 valence electrons. The van der Waals surface area contributed by atoms with Crippen LogP contribution in [0.25, 0.3) is 11.3 Å². The smallest absolute Gasteiger partial charge is 0.261 e. The first kappa shape index (κ1) is 25.5. The molecule has 5 rings (SSSR count). The highest BCUT2D eigenvalue weighted by atomic mass is 35.5. The summed E-state index contributed by atoms with van der Waals surface area (Å²) in [4.78, 5) is 39.6. The molecule has 37 heavy (non-hydrogen) atoms. The summed E-state index contributed by atoms with van der Waals surface area (Å²) < 4.78 is 6.35. The molecule has 3 aliphatic heterocycles. The van der Waals surface area contributed by atoms with Crippen molar-refractivity contribution in [2.75, 3.05) is 51.8 Å². The van der Waals surface area contributed by atoms with E-state index in [0.29, 0.717) is 53.5 Å². The van der Waals surface area contributed by atoms with E-state index in [1.54, 1.807) is 4.90 Å². The van der Waals surface area contributed by atoms with Gasteiger partial charge in [-0.1, -0.05) is 48.5 Å². The zero-order chi connectivity index (χ0) is 26.5. The molecule has 0 bridgehead atoms. The number of carbonyl (C=O) groups excluding carboxylic acids is 2. The highest BCUT2D eigenvalue weighted by Gasteiger charge is 2.45. The molecule has 2 amide bonds. The molecule has 0 radical (unpaired) electrons. The lowest BCUT2D eigenvalue weighted by molar-refractivity contribution is -0.128. The lowest BCUT2D eigenvalue weighted by Crippen LogP contribution is -2.57. The molecule has 0 saturated carbocycles. The number of anilines is 1. The maximum atomic E-state index is 14.2. The molecule has 8 nitrogen and oxygen atoms in total. The van der Waals surface area contributed by atoms with Gasteiger partial charge in [-0.15, -0.1) is 0 Å². The number of fused-ring (bicyclic) bond motifs is 2. The summed E-state index contributed by atoms with van der Waals surface area (Å²) in [6.07, 6.45) is 2.24. The summed E-state index contributed by atoms with van der Waals surface area (Å²) in [6, 6.07) is 9.78. The number of aromatic nitrogens is 1. The van der Waals surface area contributed by atoms with Crippen LogP contribution in [0.5, 0.6) is 5.75 Å². The summed E-state index contributed by atoms with van der Waals surface area (Å²) in [6.45, 7) is 10.2. The van der Waals surface area contributed by atoms with Gasteiger partial charge in [0.15, 0.2) is 5.75 Å². The Kier molecular flexibility index (Phi) is 6.66. The Morgan fingerprint density at radius 1 is 1.22 bits per heavy atom. The molecular weight excluding hydrogens is 490 g/mol. The first-order valence-corrected chi connectivity index (χ1v) is 13.1. The molecule has 1 aromatic heterocycles. The van der Waals surface area contributed by atoms with E-state index in [2.05, 4.69) is 44.3 Å². The maximum absolute atomic E-state index is 14.2. The van der Waals surface area contributed by atoms with Gasteiger partial charge in [-0.3, -0.25) is 9.59 Å². The molecule has 0 N–H and O–H groups in total. The van der Waals surface area contributed by atoms with E-state index < -0.39 is 0 Å². The zero-order valence-electron chi connectivity index (χ0n) is 21.9. The molecule has 2 aromatic rings. The van der Waals surface area contributed by atoms with Gasteiger partial charge in [-0.2, -0.15) is 0 Å². The molecule has 2 saturated heterocycles. The molecule has 1 aromatic carbocycles. The van der Waals surface area contributed by atoms with Gasteiger partial charge in [0.25, 0.3) is 5.91 Å². The number of nitrogens with zero attached hydrogens (tertiary/aromatic N) is 5. The molecule has 2 fully saturated rings. The van der Waals surface area contributed by atoms with Crippen LogP contribution < -0.4 is 9.64 Å². The number of likely N-dealkylation sites (N-methyl/N-ethyl adjacent to an activating group) is 1. The number of pyridine rings is 1. The van der Waals surface area contributed by atoms with Gasteiger partial charge in [0, 0.05) is 43.3 Å². The summed E-state index contributed by atoms with van der Waals surface area (Å²) in [5, 5.41) is 0.332. The quantitative estimate of drug-likeness (QED) is 0.571. The second-order valence-corrected chi connectivity index (χ2v) is 11.2. The first-order valence-electron chi connectivity index (χ1n) is 12.7. The minimum absolute atomic E-state index is 0.144. The molecule has 4 heterocycles. The van der Waals surface area contributed by atoms with Crippen LogP contribution in [0, 0.1) is 0 Å². The Balaban J connectivity index is 1.65. The van der Waals surface area contributed by atoms with Crippen molar-refractivity contribution in [1.29, 1.82) is 0 Å². The largest absolute Gasteiger partial charge is 0.489 e. The van der Waals surface area contributed by atoms with Crippen molar-refractivity contribution in [3.05, 3.63) is 53.6 Å². The van der Waals surface area contributed by atoms with Gasteiger partial charge in [-0.25, -0.2) is 4.98 Å². The van der Waals surface area contributed by atoms with E-state index in [4.69, 9.17) is 21.3 Å². The normalized spacial score (nSPS) is 22.9. The van der Waals surface area contributed by atoms with Crippen molar-refractivity contribution < 1.29 is 14.3 Å². The van der Waals surface area contributed by atoms with E-state index >= 15 is 0 Å². The van der Waals surface area contributed by atoms with Crippen LogP contribution in [0.2, 0.25) is 5.02 Å². The summed E-state index contributed by atoms with van der Waals surface area (Å²) >= 11 is 6.96. The lowest BCUT2D eigenvalue weighted by Gasteiger charge is -2.40. The van der Waals surface area contributed by atoms with E-state index in [1.165, 1.54) is 6.08 Å². The van der Waals surface area contributed by atoms with Gasteiger partial charge in [-0.05, 0) is 40.4 Å². The van der Waals surface area contributed by atoms with Gasteiger partial charge >= 0.3 is 0 Å². The number of ether oxygens (including phenoxy) is 1. The van der Waals surface area contributed by atoms with Crippen molar-refractivity contribution in [3.63, 3.8) is 0 Å². The molecular formula is C28H34ClN5O3. The Bertz CT molecular complexity index is 1230. The van der Waals surface area contributed by atoms with Crippen LogP contribution in [-0.4, -0.2) is 96.0 Å². The average molecular weight is 524 g/mol. The van der Waals surface area contributed by atoms with Crippen molar-refractivity contribution >= 4 is 29.2 Å². The van der Waals surface area contributed by atoms with Crippen LogP contribution in [0.1, 0.15) is 30.6 Å². The number of halogens is 1. The van der Waals surface area contributed by atoms with Gasteiger partial charge in [0.2, 0.25) is 5.91 Å². The molecule has 3 aliphatic rings. The molecule has 0 unspecified atom stereocenters. The number of rotatable bonds is 4. The Morgan fingerprint density at radius 2 is 1.95 bits per heavy atom. The topological polar surface area (TPSA) is 69.2 Å². The summed E-state index contributed by atoms with van der Waals surface area (Å²) in [5.41, 5.74) is 1.62. The molecule has 0 aliphatic carbocycles. The molecule has 2 atom stereocenters. The predicted octanol–water partition coefficient (Wildman–Crippen LogP) is 3.55. The van der Waals surface area contributed by atoms with Crippen LogP contribution in [0.4, 0.5) is 5.82 Å². The third-order valence-electron chi connectivity index (χ3n) is 7.83. The summed E-state index contributed by atoms with van der Waals surface area (Å²) in [7, 11) is 4.16. The third-order valence-corrected chi connectivity index (χ3v) is 8.18. The standard InChI is InChI=1S/C28H34ClN5O3/c1-6-21(35)32-12-13-33-20(15-32)17-37-25-22(27(33)36)26(34-16-19(31(4)5)14-28(34,2)3)30-24(23(25)29)18-10-8-7-9-11-18/h6-11,19-20H,1,12-17H2,2-5H3/t19-,20+/m0/s1. The van der Waals surface area contributed by atoms with Gasteiger partial charge in [0.1, 0.15) is 23.0 Å². The fraction of sp³-hybridized carbons (Fsp3) is 0.464. The van der Waals surface area contributed by atoms with Crippen LogP contribution in [-0.2, 0) is 4.79 Å². The minimum Gasteiger partial charge on any atom is -0.489 e. The van der Waals surface area contributed by atoms with Crippen LogP contribution in [0.3, 0.4) is 0 Å². The van der Waals surface area contributed by atoms with Gasteiger partial charge < -0.3 is 24.3 Å². The number of carbonyl (C=O) groups is 2. The number of piperazine rings is 1. The predicted molar refractivity (Wildman–Crippen MR) is 145 cm³/mol. The van der Waals surface area contributed by atoms with Crippen LogP contribution in [0.15, 0.2) is 43.0 Å². The van der Waals surface area contributed by atoms with Crippen molar-refractivity contribution in [2.45, 2.75) is 37.9 Å². The van der Waals surface area contributed by atoms with E-state index in [-0.39, 0.29) is 30.0 Å². The molecule has 9 heteroatoms. The van der Waals surface area contributed by atoms with E-state index in [1.807, 2.05) is 35.2 Å². The zero-order valence-corrected chi connectivity index (χ0v) is 22.7. The highest BCUT2D eigenvalue weighted by molar-refractivity contribution is 6.35. The van der Waals surface area contributed by atoms with E-state index in [0.717, 1.165) is 18.5 Å². The lowest BCUT2D eigenvalue weighted by atomic mass is 9.99. The van der Waals surface area contributed by atoms with Gasteiger partial charge in [0.05, 0.1) is 11.7 Å². The Hall–Kier alpha value is -3.10. The average Bonchev–Trinajstić information content (AvgIpc) is 3.13. The SMILES string of the molecule is C=CC(=O)N1CCN2C(=O)c3c(N4C[C@@H](N(C)C)CC4(C)C)nc(-c4ccccc4)c(Cl)c3OC[C@H]2C1. The number of amides is 2. The maximum Gasteiger partial charge on any atom is 0.261 e. The number of benzene rings is 1. The second-order valence-electron chi connectivity index (χ2n) is 10.9. The minimum atomic E-state index is -0.289. The van der Waals surface area contributed by atoms with Crippen LogP contribution >= 0.6 is 11.6 Å². The van der Waals surface area contributed by atoms with Crippen molar-refractivity contribution in [3.8, 4) is 17.0 Å². The highest BCUT2D eigenvalue weighted by Crippen LogP contribution is 2.46. The Morgan fingerprint density at radius 3 is 2.59 bits per heavy atom. The monoisotopic (exact) mass is 523 g/mol. The fourth-order valence-electron chi connectivity index (χ4n) is 5.69. The number of hydrogen-bond acceptors (Lipinski definition) is 6. The molecule has 0 spiro atoms. The summed E-state index contributed by atoms with van der Waals surface area (Å²) in [5.74, 6) is 0.670. The van der Waals surface area contributed by atoms with Crippen molar-refractivity contribution in [1.82, 2.24) is 19.7 Å². The number of hydrogen-bond donors (Lipinski definition) is 0. The fourth-order valence-corrected chi connectivity index (χ4v) is 5.99. The van der Waals surface area contributed by atoms with Crippen molar-refractivity contribution in [2.24, 2.45) is 0 Å². The Labute approximate surface area is 223 Å².